The van der Waals surface area contributed by atoms with Crippen molar-refractivity contribution in [3.05, 3.63) is 59.0 Å². The quantitative estimate of drug-likeness (QED) is 0.277. The number of rotatable bonds is 8. The molecule has 43 heavy (non-hydrogen) atoms. The molecule has 8 heteroatoms. The number of pyridine rings is 1. The zero-order valence-electron chi connectivity index (χ0n) is 28.5. The molecule has 0 aliphatic heterocycles. The van der Waals surface area contributed by atoms with E-state index in [1.165, 1.54) is 70.3 Å². The second-order valence-electron chi connectivity index (χ2n) is 10.4. The summed E-state index contributed by atoms with van der Waals surface area (Å²) in [5.41, 5.74) is 8.06. The van der Waals surface area contributed by atoms with Crippen LogP contribution in [0.4, 0.5) is 18.9 Å². The minimum atomic E-state index is -3.95. The number of H-pyrrole nitrogens is 1. The highest BCUT2D eigenvalue weighted by Gasteiger charge is 2.24. The zero-order chi connectivity index (χ0) is 32.8. The first kappa shape index (κ1) is 40.1. The van der Waals surface area contributed by atoms with E-state index in [9.17, 15) is 13.2 Å². The average Bonchev–Trinajstić information content (AvgIpc) is 3.73. The van der Waals surface area contributed by atoms with Gasteiger partial charge in [-0.1, -0.05) is 79.9 Å². The number of aryl methyl sites for hydroxylation is 2. The summed E-state index contributed by atoms with van der Waals surface area (Å²) in [5, 5.41) is 6.51. The van der Waals surface area contributed by atoms with Crippen molar-refractivity contribution in [3.63, 3.8) is 0 Å². The molecule has 0 saturated heterocycles. The molecular formula is C35H58F3N5. The lowest BCUT2D eigenvalue weighted by Crippen LogP contribution is -2.14. The van der Waals surface area contributed by atoms with Crippen LogP contribution in [0.1, 0.15) is 128 Å². The largest absolute Gasteiger partial charge is 0.389 e. The molecule has 0 unspecified atom stereocenters. The lowest BCUT2D eigenvalue weighted by Gasteiger charge is -2.24. The van der Waals surface area contributed by atoms with E-state index >= 15 is 0 Å². The van der Waals surface area contributed by atoms with E-state index < -0.39 is 12.6 Å². The molecule has 0 spiro atoms. The molecule has 0 atom stereocenters. The third-order valence-electron chi connectivity index (χ3n) is 6.89. The van der Waals surface area contributed by atoms with Crippen LogP contribution >= 0.6 is 0 Å². The summed E-state index contributed by atoms with van der Waals surface area (Å²) in [7, 11) is 4.39. The highest BCUT2D eigenvalue weighted by Crippen LogP contribution is 2.38. The minimum absolute atomic E-state index is 0.184. The normalized spacial score (nSPS) is 12.4. The Morgan fingerprint density at radius 2 is 1.60 bits per heavy atom. The predicted octanol–water partition coefficient (Wildman–Crippen LogP) is 10.9. The summed E-state index contributed by atoms with van der Waals surface area (Å²) in [4.78, 5) is 10.6. The first-order valence-electron chi connectivity index (χ1n) is 16.3. The van der Waals surface area contributed by atoms with E-state index in [1.807, 2.05) is 52.8 Å². The topological polar surface area (TPSA) is 57.7 Å². The van der Waals surface area contributed by atoms with Crippen LogP contribution in [0.3, 0.4) is 0 Å². The van der Waals surface area contributed by atoms with Crippen molar-refractivity contribution in [2.45, 2.75) is 132 Å². The van der Waals surface area contributed by atoms with Gasteiger partial charge in [0.1, 0.15) is 12.0 Å². The molecule has 1 aliphatic carbocycles. The van der Waals surface area contributed by atoms with Crippen LogP contribution in [-0.4, -0.2) is 40.4 Å². The number of aromatic amines is 1. The van der Waals surface area contributed by atoms with Crippen molar-refractivity contribution in [2.75, 3.05) is 19.0 Å². The Hall–Kier alpha value is -2.90. The second-order valence-corrected chi connectivity index (χ2v) is 10.4. The maximum Gasteiger partial charge on any atom is 0.389 e. The lowest BCUT2D eigenvalue weighted by atomic mass is 9.89. The van der Waals surface area contributed by atoms with E-state index in [1.54, 1.807) is 16.7 Å². The second kappa shape index (κ2) is 22.6. The van der Waals surface area contributed by atoms with Crippen LogP contribution in [0.25, 0.3) is 11.5 Å². The van der Waals surface area contributed by atoms with Crippen molar-refractivity contribution >= 4 is 5.69 Å². The molecule has 2 heterocycles. The van der Waals surface area contributed by atoms with Gasteiger partial charge in [0.2, 0.25) is 0 Å². The molecule has 1 N–H and O–H groups in total. The fourth-order valence-corrected chi connectivity index (χ4v) is 4.88. The van der Waals surface area contributed by atoms with Gasteiger partial charge in [-0.15, -0.1) is 0 Å². The first-order valence-corrected chi connectivity index (χ1v) is 16.3. The van der Waals surface area contributed by atoms with Crippen molar-refractivity contribution in [2.24, 2.45) is 0 Å². The Morgan fingerprint density at radius 3 is 2.05 bits per heavy atom. The van der Waals surface area contributed by atoms with Crippen molar-refractivity contribution < 1.29 is 13.2 Å². The third kappa shape index (κ3) is 15.4. The van der Waals surface area contributed by atoms with Gasteiger partial charge in [0.15, 0.2) is 5.82 Å². The minimum Gasteiger partial charge on any atom is -0.377 e. The van der Waals surface area contributed by atoms with Gasteiger partial charge in [0, 0.05) is 31.9 Å². The molecular weight excluding hydrogens is 547 g/mol. The molecule has 5 nitrogen and oxygen atoms in total. The van der Waals surface area contributed by atoms with E-state index in [0.29, 0.717) is 5.82 Å². The molecule has 1 aliphatic rings. The number of nitrogens with zero attached hydrogens (tertiary/aromatic N) is 4. The number of alkyl halides is 3. The fraction of sp³-hybridized carbons (Fsp3) is 0.629. The molecule has 0 radical (unpaired) electrons. The van der Waals surface area contributed by atoms with Gasteiger partial charge in [-0.3, -0.25) is 5.10 Å². The Labute approximate surface area is 260 Å². The highest BCUT2D eigenvalue weighted by atomic mass is 19.4. The number of unbranched alkanes of at least 4 members (excludes halogenated alkanes) is 1. The number of aromatic nitrogens is 4. The molecule has 4 rings (SSSR count). The number of hydrogen-bond donors (Lipinski definition) is 1. The van der Waals surface area contributed by atoms with Gasteiger partial charge in [-0.25, -0.2) is 9.97 Å². The van der Waals surface area contributed by atoms with Crippen LogP contribution < -0.4 is 4.90 Å². The molecule has 1 fully saturated rings. The van der Waals surface area contributed by atoms with Gasteiger partial charge in [0.25, 0.3) is 0 Å². The van der Waals surface area contributed by atoms with Crippen LogP contribution in [0.15, 0.2) is 36.7 Å². The maximum absolute atomic E-state index is 11.1. The monoisotopic (exact) mass is 605 g/mol. The van der Waals surface area contributed by atoms with E-state index in [0.717, 1.165) is 17.3 Å². The number of hydrogen-bond acceptors (Lipinski definition) is 4. The number of anilines is 1. The SMILES string of the molecule is CC.CC.CCCC(F)(F)F.CCCCc1c(CC)cc(C2CCCC2)cc1N(C)C.Cc1cccc(-c2ncn[nH]2)n1. The molecule has 2 aromatic heterocycles. The van der Waals surface area contributed by atoms with Crippen LogP contribution in [-0.2, 0) is 12.8 Å². The number of halogens is 3. The number of nitrogens with one attached hydrogen (secondary N) is 1. The average molecular weight is 606 g/mol. The van der Waals surface area contributed by atoms with E-state index in [-0.39, 0.29) is 6.42 Å². The Kier molecular flexibility index (Phi) is 21.1. The first-order chi connectivity index (χ1) is 20.6. The molecule has 3 aromatic rings. The maximum atomic E-state index is 11.1. The van der Waals surface area contributed by atoms with Gasteiger partial charge in [0.05, 0.1) is 0 Å². The van der Waals surface area contributed by atoms with Crippen molar-refractivity contribution in [3.8, 4) is 11.5 Å². The van der Waals surface area contributed by atoms with Crippen molar-refractivity contribution in [1.82, 2.24) is 20.2 Å². The van der Waals surface area contributed by atoms with Crippen LogP contribution in [0, 0.1) is 6.92 Å². The molecule has 1 saturated carbocycles. The van der Waals surface area contributed by atoms with Gasteiger partial charge < -0.3 is 4.90 Å². The summed E-state index contributed by atoms with van der Waals surface area (Å²) in [6.45, 7) is 16.0. The fourth-order valence-electron chi connectivity index (χ4n) is 4.88. The van der Waals surface area contributed by atoms with Crippen molar-refractivity contribution in [1.29, 1.82) is 0 Å². The van der Waals surface area contributed by atoms with Crippen LogP contribution in [0.2, 0.25) is 0 Å². The Bertz CT molecular complexity index is 1090. The summed E-state index contributed by atoms with van der Waals surface area (Å²) in [6, 6.07) is 10.8. The summed E-state index contributed by atoms with van der Waals surface area (Å²) in [5.74, 6) is 1.53. The smallest absolute Gasteiger partial charge is 0.377 e. The molecule has 0 bridgehead atoms. The van der Waals surface area contributed by atoms with Gasteiger partial charge >= 0.3 is 6.18 Å². The molecule has 1 aromatic carbocycles. The zero-order valence-corrected chi connectivity index (χ0v) is 28.5. The lowest BCUT2D eigenvalue weighted by molar-refractivity contribution is -0.134. The number of benzene rings is 1. The third-order valence-corrected chi connectivity index (χ3v) is 6.89. The van der Waals surface area contributed by atoms with E-state index in [2.05, 4.69) is 65.1 Å². The van der Waals surface area contributed by atoms with Gasteiger partial charge in [-0.05, 0) is 86.3 Å². The van der Waals surface area contributed by atoms with Gasteiger partial charge in [-0.2, -0.15) is 18.3 Å². The summed E-state index contributed by atoms with van der Waals surface area (Å²) in [6.07, 6.45) is 7.65. The molecule has 244 valence electrons. The Morgan fingerprint density at radius 1 is 0.953 bits per heavy atom. The molecule has 0 amide bonds. The Balaban J connectivity index is 0.000000650. The van der Waals surface area contributed by atoms with Crippen LogP contribution in [0.5, 0.6) is 0 Å². The summed E-state index contributed by atoms with van der Waals surface area (Å²) < 4.78 is 33.2. The van der Waals surface area contributed by atoms with E-state index in [4.69, 9.17) is 0 Å². The predicted molar refractivity (Wildman–Crippen MR) is 178 cm³/mol. The summed E-state index contributed by atoms with van der Waals surface area (Å²) >= 11 is 0. The standard InChI is InChI=1S/C19H31N.C8H8N4.C4H7F3.2C2H6/c1-5-7-12-18-15(6-2)13-17(14-19(18)20(3)4)16-10-8-9-11-16;1-6-3-2-4-7(11-6)8-9-5-10-12-8;1-2-3-4(5,6)7;2*1-2/h13-14,16H,5-12H2,1-4H3;2-5H,1H3,(H,9,10,12);2-3H2,1H3;2*1-2H3. The highest BCUT2D eigenvalue weighted by molar-refractivity contribution is 5.59.